The van der Waals surface area contributed by atoms with Crippen molar-refractivity contribution in [3.05, 3.63) is 48.6 Å². The fraction of sp³-hybridized carbons (Fsp3) is 0.825. The third kappa shape index (κ3) is 50.5. The van der Waals surface area contributed by atoms with E-state index in [1.165, 1.54) is 173 Å². The molecule has 1 atom stereocenters. The maximum Gasteiger partial charge on any atom is 0.306 e. The summed E-state index contributed by atoms with van der Waals surface area (Å²) in [7, 11) is 0. The molecular formula is C57H104O5. The van der Waals surface area contributed by atoms with Crippen molar-refractivity contribution in [3.63, 3.8) is 0 Å². The van der Waals surface area contributed by atoms with Crippen LogP contribution in [0.3, 0.4) is 0 Å². The lowest BCUT2D eigenvalue weighted by Gasteiger charge is -2.18. The number of esters is 2. The molecule has 0 aromatic heterocycles. The molecule has 0 bridgehead atoms. The van der Waals surface area contributed by atoms with Crippen molar-refractivity contribution in [2.75, 3.05) is 19.8 Å². The second kappa shape index (κ2) is 53.2. The molecule has 0 aliphatic rings. The van der Waals surface area contributed by atoms with Crippen LogP contribution in [-0.2, 0) is 23.8 Å². The lowest BCUT2D eigenvalue weighted by atomic mass is 10.1. The van der Waals surface area contributed by atoms with Crippen LogP contribution in [0.5, 0.6) is 0 Å². The van der Waals surface area contributed by atoms with Gasteiger partial charge in [-0.1, -0.05) is 211 Å². The minimum atomic E-state index is -0.548. The topological polar surface area (TPSA) is 61.8 Å². The normalized spacial score (nSPS) is 12.5. The molecule has 0 aromatic carbocycles. The van der Waals surface area contributed by atoms with Crippen molar-refractivity contribution >= 4 is 11.9 Å². The predicted molar refractivity (Wildman–Crippen MR) is 270 cm³/mol. The van der Waals surface area contributed by atoms with E-state index in [0.29, 0.717) is 19.4 Å². The fourth-order valence-electron chi connectivity index (χ4n) is 7.71. The molecule has 0 heterocycles. The number of rotatable bonds is 50. The minimum absolute atomic E-state index is 0.0740. The number of carbonyl (C=O) groups is 2. The molecule has 0 spiro atoms. The SMILES string of the molecule is CCCCC/C=C\C/C=C\CCCCCCCC(=O)OCC(COCCCCCCCC/C=C\CCCCCCCC)OC(=O)CCCCCCC/C=C\CCCCCCCC. The van der Waals surface area contributed by atoms with Crippen molar-refractivity contribution in [1.82, 2.24) is 0 Å². The van der Waals surface area contributed by atoms with Crippen molar-refractivity contribution < 1.29 is 23.8 Å². The number of carbonyl (C=O) groups excluding carboxylic acids is 2. The van der Waals surface area contributed by atoms with E-state index in [4.69, 9.17) is 14.2 Å². The zero-order valence-electron chi connectivity index (χ0n) is 41.6. The number of hydrogen-bond acceptors (Lipinski definition) is 5. The third-order valence-electron chi connectivity index (χ3n) is 11.8. The second-order valence-electron chi connectivity index (χ2n) is 18.1. The first-order chi connectivity index (χ1) is 30.6. The first-order valence-electron chi connectivity index (χ1n) is 27.2. The molecule has 0 rings (SSSR count). The maximum atomic E-state index is 12.8. The molecule has 0 fully saturated rings. The third-order valence-corrected chi connectivity index (χ3v) is 11.8. The van der Waals surface area contributed by atoms with Crippen LogP contribution in [-0.4, -0.2) is 37.9 Å². The number of allylic oxidation sites excluding steroid dienone is 8. The summed E-state index contributed by atoms with van der Waals surface area (Å²) < 4.78 is 17.4. The van der Waals surface area contributed by atoms with Gasteiger partial charge >= 0.3 is 11.9 Å². The van der Waals surface area contributed by atoms with E-state index >= 15 is 0 Å². The van der Waals surface area contributed by atoms with Gasteiger partial charge in [-0.05, 0) is 103 Å². The van der Waals surface area contributed by atoms with E-state index in [0.717, 1.165) is 70.6 Å². The van der Waals surface area contributed by atoms with Crippen LogP contribution in [0.25, 0.3) is 0 Å². The zero-order chi connectivity index (χ0) is 44.9. The predicted octanol–water partition coefficient (Wildman–Crippen LogP) is 18.3. The van der Waals surface area contributed by atoms with Crippen molar-refractivity contribution in [2.45, 2.75) is 284 Å². The summed E-state index contributed by atoms with van der Waals surface area (Å²) in [5, 5.41) is 0. The van der Waals surface area contributed by atoms with Crippen LogP contribution >= 0.6 is 0 Å². The van der Waals surface area contributed by atoms with E-state index in [-0.39, 0.29) is 25.2 Å². The molecule has 1 unspecified atom stereocenters. The molecule has 0 aromatic rings. The van der Waals surface area contributed by atoms with Crippen LogP contribution in [0.2, 0.25) is 0 Å². The van der Waals surface area contributed by atoms with E-state index in [1.807, 2.05) is 0 Å². The lowest BCUT2D eigenvalue weighted by molar-refractivity contribution is -0.163. The Morgan fingerprint density at radius 3 is 1.11 bits per heavy atom. The molecule has 0 amide bonds. The van der Waals surface area contributed by atoms with Crippen LogP contribution in [0.15, 0.2) is 48.6 Å². The van der Waals surface area contributed by atoms with Crippen LogP contribution in [0, 0.1) is 0 Å². The maximum absolute atomic E-state index is 12.8. The standard InChI is InChI=1S/C57H104O5/c1-4-7-10-13-16-19-22-25-28-31-34-37-40-43-46-49-52-60-53-55(62-57(59)51-48-45-42-39-36-33-30-27-24-21-18-15-12-9-6-3)54-61-56(58)50-47-44-41-38-35-32-29-26-23-20-17-14-11-8-5-2/h17,20,25-30,55H,4-16,18-19,21-24,31-54H2,1-3H3/b20-17-,28-25-,29-26-,30-27-. The quantitative estimate of drug-likeness (QED) is 0.0346. The van der Waals surface area contributed by atoms with Gasteiger partial charge < -0.3 is 14.2 Å². The molecule has 362 valence electrons. The average Bonchev–Trinajstić information content (AvgIpc) is 3.27. The second-order valence-corrected chi connectivity index (χ2v) is 18.1. The summed E-state index contributed by atoms with van der Waals surface area (Å²) >= 11 is 0. The number of hydrogen-bond donors (Lipinski definition) is 0. The highest BCUT2D eigenvalue weighted by Crippen LogP contribution is 2.14. The van der Waals surface area contributed by atoms with Crippen molar-refractivity contribution in [1.29, 1.82) is 0 Å². The Kier molecular flexibility index (Phi) is 51.4. The average molecular weight is 869 g/mol. The zero-order valence-corrected chi connectivity index (χ0v) is 41.6. The van der Waals surface area contributed by atoms with Gasteiger partial charge in [0.1, 0.15) is 6.61 Å². The number of ether oxygens (including phenoxy) is 3. The summed E-state index contributed by atoms with van der Waals surface area (Å²) in [6.45, 7) is 7.79. The van der Waals surface area contributed by atoms with Gasteiger partial charge in [-0.3, -0.25) is 9.59 Å². The molecule has 5 heteroatoms. The van der Waals surface area contributed by atoms with Crippen LogP contribution in [0.1, 0.15) is 278 Å². The summed E-state index contributed by atoms with van der Waals surface area (Å²) in [6, 6.07) is 0. The Morgan fingerprint density at radius 2 is 0.677 bits per heavy atom. The van der Waals surface area contributed by atoms with E-state index in [2.05, 4.69) is 69.4 Å². The summed E-state index contributed by atoms with van der Waals surface area (Å²) in [4.78, 5) is 25.4. The smallest absolute Gasteiger partial charge is 0.306 e. The molecule has 0 N–H and O–H groups in total. The summed E-state index contributed by atoms with van der Waals surface area (Å²) in [5.41, 5.74) is 0. The fourth-order valence-corrected chi connectivity index (χ4v) is 7.71. The van der Waals surface area contributed by atoms with Gasteiger partial charge in [-0.2, -0.15) is 0 Å². The van der Waals surface area contributed by atoms with Gasteiger partial charge in [-0.25, -0.2) is 0 Å². The van der Waals surface area contributed by atoms with Crippen LogP contribution in [0.4, 0.5) is 0 Å². The lowest BCUT2D eigenvalue weighted by Crippen LogP contribution is -2.30. The van der Waals surface area contributed by atoms with Crippen molar-refractivity contribution in [2.24, 2.45) is 0 Å². The molecule has 0 aliphatic heterocycles. The Hall–Kier alpha value is -2.14. The highest BCUT2D eigenvalue weighted by molar-refractivity contribution is 5.70. The Bertz CT molecular complexity index is 1030. The monoisotopic (exact) mass is 869 g/mol. The summed E-state index contributed by atoms with van der Waals surface area (Å²) in [6.07, 6.45) is 65.4. The first kappa shape index (κ1) is 59.9. The van der Waals surface area contributed by atoms with Gasteiger partial charge in [0, 0.05) is 19.4 Å². The first-order valence-corrected chi connectivity index (χ1v) is 27.2. The Morgan fingerprint density at radius 1 is 0.355 bits per heavy atom. The number of unbranched alkanes of at least 4 members (excludes halogenated alkanes) is 31. The minimum Gasteiger partial charge on any atom is -0.462 e. The molecular weight excluding hydrogens is 765 g/mol. The van der Waals surface area contributed by atoms with Gasteiger partial charge in [0.25, 0.3) is 0 Å². The Balaban J connectivity index is 4.30. The molecule has 62 heavy (non-hydrogen) atoms. The van der Waals surface area contributed by atoms with Crippen molar-refractivity contribution in [3.8, 4) is 0 Å². The highest BCUT2D eigenvalue weighted by Gasteiger charge is 2.17. The molecule has 0 aliphatic carbocycles. The molecule has 0 saturated carbocycles. The molecule has 0 radical (unpaired) electrons. The largest absolute Gasteiger partial charge is 0.462 e. The van der Waals surface area contributed by atoms with Gasteiger partial charge in [0.15, 0.2) is 6.10 Å². The summed E-state index contributed by atoms with van der Waals surface area (Å²) in [5.74, 6) is -0.416. The van der Waals surface area contributed by atoms with E-state index < -0.39 is 6.10 Å². The van der Waals surface area contributed by atoms with E-state index in [1.54, 1.807) is 0 Å². The van der Waals surface area contributed by atoms with Gasteiger partial charge in [0.2, 0.25) is 0 Å². The molecule has 0 saturated heterocycles. The highest BCUT2D eigenvalue weighted by atomic mass is 16.6. The van der Waals surface area contributed by atoms with Gasteiger partial charge in [-0.15, -0.1) is 0 Å². The molecule has 5 nitrogen and oxygen atoms in total. The van der Waals surface area contributed by atoms with E-state index in [9.17, 15) is 9.59 Å². The Labute approximate surface area is 386 Å². The van der Waals surface area contributed by atoms with Gasteiger partial charge in [0.05, 0.1) is 6.61 Å². The van der Waals surface area contributed by atoms with Crippen LogP contribution < -0.4 is 0 Å².